The van der Waals surface area contributed by atoms with Crippen LogP contribution in [0.25, 0.3) is 0 Å². The molecule has 144 heavy (non-hydrogen) atoms. The van der Waals surface area contributed by atoms with Crippen LogP contribution in [-0.4, -0.2) is 292 Å². The minimum absolute atomic E-state index is 0.127. The normalized spacial score (nSPS) is 16.5. The standard InChI is InChI=1S/C117H180O27/c1-112(2,3)97-73-85-67-91-79-100(115(10,11)12)81-93(109(91)142-64-58-133-52-46-127-40-34-121-31-37-124-43-49-130-55-61-139-103-25-19-22-28-136-103)69-87-75-98(113(4,5)6)77-89(107(87)119)71-95-83-102(117(16,17)18)84-96(111(95)144-66-60-135-54-48-129-42-36-123-33-39-126-45-51-132-57-63-141-105-27-21-24-30-138-105)72-90-78-99(114(7,8)9)76-88(108(90)120)70-94-82-101(116(13,14)15)80-92(68-86(74-97)106(85)118)110(94)143-65-59-134-53-47-128-41-35-122-32-38-125-44-50-131-56-62-140-104-26-20-23-29-137-104/h73-84,103-105,118-120H,19-72H2,1-18H3. The molecule has 12 bridgehead atoms. The van der Waals surface area contributed by atoms with Gasteiger partial charge in [-0.25, -0.2) is 0 Å². The molecule has 3 fully saturated rings. The van der Waals surface area contributed by atoms with Crippen molar-refractivity contribution in [2.45, 2.75) is 272 Å². The Labute approximate surface area is 861 Å². The number of hydrogen-bond acceptors (Lipinski definition) is 27. The van der Waals surface area contributed by atoms with Crippen LogP contribution in [0.4, 0.5) is 0 Å². The van der Waals surface area contributed by atoms with Crippen molar-refractivity contribution in [3.63, 3.8) is 0 Å². The van der Waals surface area contributed by atoms with Gasteiger partial charge in [-0.3, -0.25) is 0 Å². The minimum atomic E-state index is -0.380. The van der Waals surface area contributed by atoms with E-state index >= 15 is 0 Å². The average Bonchev–Trinajstić information content (AvgIpc) is 0.765. The minimum Gasteiger partial charge on any atom is -0.507 e. The Bertz CT molecular complexity index is 4040. The topological polar surface area (TPSA) is 282 Å². The first kappa shape index (κ1) is 119. The number of aromatic hydroxyl groups is 3. The van der Waals surface area contributed by atoms with E-state index in [0.717, 1.165) is 178 Å². The molecule has 3 atom stereocenters. The van der Waals surface area contributed by atoms with Gasteiger partial charge in [0.1, 0.15) is 54.3 Å². The lowest BCUT2D eigenvalue weighted by Gasteiger charge is -2.28. The second-order valence-electron chi connectivity index (χ2n) is 44.1. The van der Waals surface area contributed by atoms with Gasteiger partial charge in [0.2, 0.25) is 0 Å². The quantitative estimate of drug-likeness (QED) is 0.0299. The molecular formula is C117H180O27. The largest absolute Gasteiger partial charge is 0.507 e. The van der Waals surface area contributed by atoms with Crippen molar-refractivity contribution in [2.75, 3.05) is 258 Å². The summed E-state index contributed by atoms with van der Waals surface area (Å²) in [5.41, 5.74) is 13.6. The summed E-state index contributed by atoms with van der Waals surface area (Å²) in [6.45, 7) is 56.2. The molecule has 0 saturated carbocycles. The lowest BCUT2D eigenvalue weighted by atomic mass is 9.79. The second kappa shape index (κ2) is 62.2. The predicted molar refractivity (Wildman–Crippen MR) is 560 cm³/mol. The molecule has 3 N–H and O–H groups in total. The Morgan fingerprint density at radius 3 is 0.472 bits per heavy atom. The SMILES string of the molecule is CC(C)(C)c1cc2c(O)c(c1)Cc1cc(C(C)(C)C)cc(c1OCCOCCOCCOCCOCCOCCOC1CCCCO1)Cc1cc(C(C)(C)C)cc(c1O)Cc1cc(C(C)(C)C)cc(c1OCCOCCOCCOCCOCCOCCOC1CCCCO1)Cc1cc(C(C)(C)C)cc(c1O)Cc1cc(C(C)(C)C)cc(c1OCCOCCOCCOCCOCCOCCOC1CCCCO1)C2. The summed E-state index contributed by atoms with van der Waals surface area (Å²) in [6.07, 6.45) is 10.7. The zero-order chi connectivity index (χ0) is 103. The molecule has 0 spiro atoms. The first-order valence-electron chi connectivity index (χ1n) is 53.4. The first-order valence-corrected chi connectivity index (χ1v) is 53.4. The number of phenolic OH excluding ortho intramolecular Hbond substituents is 3. The van der Waals surface area contributed by atoms with Gasteiger partial charge in [0.15, 0.2) is 18.9 Å². The van der Waals surface area contributed by atoms with Crippen LogP contribution < -0.4 is 14.2 Å². The molecule has 0 radical (unpaired) electrons. The van der Waals surface area contributed by atoms with E-state index in [1.165, 1.54) is 0 Å². The van der Waals surface area contributed by atoms with E-state index < -0.39 is 0 Å². The Kier molecular flexibility index (Phi) is 51.4. The highest BCUT2D eigenvalue weighted by Gasteiger charge is 2.33. The van der Waals surface area contributed by atoms with E-state index in [4.69, 9.17) is 114 Å². The van der Waals surface area contributed by atoms with Crippen LogP contribution in [0.2, 0.25) is 0 Å². The number of fused-ring (bicyclic) bond motifs is 12. The molecule has 27 heteroatoms. The molecule has 0 amide bonds. The van der Waals surface area contributed by atoms with Crippen LogP contribution in [0.5, 0.6) is 34.5 Å². The number of phenols is 3. The number of ether oxygens (including phenoxy) is 24. The molecule has 6 aromatic carbocycles. The van der Waals surface area contributed by atoms with E-state index in [0.29, 0.717) is 215 Å². The van der Waals surface area contributed by atoms with Gasteiger partial charge < -0.3 is 129 Å². The molecule has 0 aromatic heterocycles. The Morgan fingerprint density at radius 1 is 0.194 bits per heavy atom. The summed E-state index contributed by atoms with van der Waals surface area (Å²) in [5.74, 6) is 2.41. The molecule has 4 aliphatic rings. The summed E-state index contributed by atoms with van der Waals surface area (Å²) in [7, 11) is 0. The maximum Gasteiger partial charge on any atom is 0.157 e. The van der Waals surface area contributed by atoms with Gasteiger partial charge in [0, 0.05) is 58.3 Å². The highest BCUT2D eigenvalue weighted by molar-refractivity contribution is 5.61. The van der Waals surface area contributed by atoms with Crippen molar-refractivity contribution in [2.24, 2.45) is 0 Å². The van der Waals surface area contributed by atoms with E-state index in [-0.39, 0.29) is 147 Å². The molecule has 3 unspecified atom stereocenters. The lowest BCUT2D eigenvalue weighted by molar-refractivity contribution is -0.169. The van der Waals surface area contributed by atoms with Crippen LogP contribution in [-0.2, 0) is 170 Å². The maximum atomic E-state index is 13.5. The van der Waals surface area contributed by atoms with Crippen LogP contribution in [0.15, 0.2) is 72.8 Å². The second-order valence-corrected chi connectivity index (χ2v) is 44.1. The molecule has 6 aromatic rings. The fourth-order valence-corrected chi connectivity index (χ4v) is 17.3. The summed E-state index contributed by atoms with van der Waals surface area (Å²) in [5, 5.41) is 40.6. The third kappa shape index (κ3) is 42.6. The molecular weight excluding hydrogens is 1840 g/mol. The number of hydrogen-bond donors (Lipinski definition) is 3. The van der Waals surface area contributed by atoms with Crippen LogP contribution in [0.1, 0.15) is 283 Å². The maximum absolute atomic E-state index is 13.5. The zero-order valence-electron chi connectivity index (χ0n) is 91.0. The first-order chi connectivity index (χ1) is 69.1. The van der Waals surface area contributed by atoms with Crippen molar-refractivity contribution < 1.29 is 129 Å². The van der Waals surface area contributed by atoms with Crippen molar-refractivity contribution >= 4 is 0 Å². The average molecular weight is 2020 g/mol. The van der Waals surface area contributed by atoms with Gasteiger partial charge in [-0.1, -0.05) is 197 Å². The van der Waals surface area contributed by atoms with E-state index in [1.807, 2.05) is 0 Å². The smallest absolute Gasteiger partial charge is 0.157 e. The Balaban J connectivity index is 0.939. The van der Waals surface area contributed by atoms with Crippen LogP contribution in [0, 0.1) is 0 Å². The molecule has 27 nitrogen and oxygen atoms in total. The fourth-order valence-electron chi connectivity index (χ4n) is 17.3. The summed E-state index contributed by atoms with van der Waals surface area (Å²) in [4.78, 5) is 0. The number of rotatable bonds is 60. The predicted octanol–water partition coefficient (Wildman–Crippen LogP) is 19.5. The van der Waals surface area contributed by atoms with E-state index in [2.05, 4.69) is 197 Å². The van der Waals surface area contributed by atoms with Gasteiger partial charge in [0.25, 0.3) is 0 Å². The molecule has 810 valence electrons. The highest BCUT2D eigenvalue weighted by Crippen LogP contribution is 2.47. The Morgan fingerprint density at radius 2 is 0.333 bits per heavy atom. The van der Waals surface area contributed by atoms with E-state index in [1.54, 1.807) is 0 Å². The van der Waals surface area contributed by atoms with Crippen LogP contribution in [0.3, 0.4) is 0 Å². The van der Waals surface area contributed by atoms with Gasteiger partial charge in [-0.2, -0.15) is 0 Å². The number of benzene rings is 6. The summed E-state index contributed by atoms with van der Waals surface area (Å²) >= 11 is 0. The lowest BCUT2D eigenvalue weighted by Crippen LogP contribution is -2.24. The van der Waals surface area contributed by atoms with Gasteiger partial charge >= 0.3 is 0 Å². The third-order valence-corrected chi connectivity index (χ3v) is 25.9. The van der Waals surface area contributed by atoms with Crippen LogP contribution >= 0.6 is 0 Å². The summed E-state index contributed by atoms with van der Waals surface area (Å²) in [6, 6.07) is 26.4. The third-order valence-electron chi connectivity index (χ3n) is 25.9. The zero-order valence-corrected chi connectivity index (χ0v) is 91.0. The molecule has 3 aliphatic heterocycles. The van der Waals surface area contributed by atoms with Crippen molar-refractivity contribution in [3.05, 3.63) is 173 Å². The van der Waals surface area contributed by atoms with Gasteiger partial charge in [-0.15, -0.1) is 0 Å². The highest BCUT2D eigenvalue weighted by atomic mass is 16.7. The monoisotopic (exact) mass is 2020 g/mol. The molecule has 3 heterocycles. The molecule has 1 aliphatic carbocycles. The molecule has 10 rings (SSSR count). The van der Waals surface area contributed by atoms with Gasteiger partial charge in [-0.05, 0) is 190 Å². The van der Waals surface area contributed by atoms with Crippen molar-refractivity contribution in [1.82, 2.24) is 0 Å². The Hall–Kier alpha value is -6.72. The fraction of sp³-hybridized carbons (Fsp3) is 0.692. The summed E-state index contributed by atoms with van der Waals surface area (Å²) < 4.78 is 145. The van der Waals surface area contributed by atoms with Gasteiger partial charge in [0.05, 0.1) is 218 Å². The van der Waals surface area contributed by atoms with Crippen molar-refractivity contribution in [3.8, 4) is 34.5 Å². The molecule has 3 saturated heterocycles. The van der Waals surface area contributed by atoms with Crippen molar-refractivity contribution in [1.29, 1.82) is 0 Å². The van der Waals surface area contributed by atoms with E-state index in [9.17, 15) is 15.3 Å².